The summed E-state index contributed by atoms with van der Waals surface area (Å²) in [4.78, 5) is 4.10. The number of nitrogens with zero attached hydrogens (tertiary/aromatic N) is 1. The first kappa shape index (κ1) is 13.6. The predicted molar refractivity (Wildman–Crippen MR) is 77.2 cm³/mol. The minimum Gasteiger partial charge on any atom is -0.481 e. The molecule has 0 spiro atoms. The maximum Gasteiger partial charge on any atom is 0.213 e. The molecule has 0 aliphatic rings. The molecule has 1 heterocycles. The van der Waals surface area contributed by atoms with Gasteiger partial charge < -0.3 is 10.1 Å². The molecule has 0 aliphatic carbocycles. The van der Waals surface area contributed by atoms with E-state index in [-0.39, 0.29) is 0 Å². The van der Waals surface area contributed by atoms with Crippen molar-refractivity contribution in [3.05, 3.63) is 58.8 Å². The maximum atomic E-state index is 5.12. The average Bonchev–Trinajstić information content (AvgIpc) is 2.42. The van der Waals surface area contributed by atoms with E-state index in [1.165, 1.54) is 22.3 Å². The summed E-state index contributed by atoms with van der Waals surface area (Å²) >= 11 is 0. The molecule has 3 nitrogen and oxygen atoms in total. The van der Waals surface area contributed by atoms with Gasteiger partial charge in [-0.25, -0.2) is 4.98 Å². The molecule has 0 radical (unpaired) electrons. The van der Waals surface area contributed by atoms with Crippen LogP contribution < -0.4 is 10.1 Å². The summed E-state index contributed by atoms with van der Waals surface area (Å²) in [7, 11) is 1.64. The Hall–Kier alpha value is -1.87. The molecule has 1 aromatic carbocycles. The van der Waals surface area contributed by atoms with Gasteiger partial charge in [0.15, 0.2) is 0 Å². The normalized spacial score (nSPS) is 10.5. The van der Waals surface area contributed by atoms with Gasteiger partial charge in [-0.2, -0.15) is 0 Å². The van der Waals surface area contributed by atoms with Crippen molar-refractivity contribution in [3.8, 4) is 5.88 Å². The zero-order valence-electron chi connectivity index (χ0n) is 11.7. The van der Waals surface area contributed by atoms with E-state index in [2.05, 4.69) is 42.3 Å². The van der Waals surface area contributed by atoms with Crippen LogP contribution in [0, 0.1) is 13.8 Å². The first-order valence-electron chi connectivity index (χ1n) is 6.45. The van der Waals surface area contributed by atoms with E-state index in [1.807, 2.05) is 12.1 Å². The van der Waals surface area contributed by atoms with Gasteiger partial charge in [0, 0.05) is 25.4 Å². The fraction of sp³-hybridized carbons (Fsp3) is 0.312. The fourth-order valence-corrected chi connectivity index (χ4v) is 2.13. The third-order valence-corrected chi connectivity index (χ3v) is 3.28. The molecular weight excluding hydrogens is 236 g/mol. The second-order valence-electron chi connectivity index (χ2n) is 4.68. The van der Waals surface area contributed by atoms with Gasteiger partial charge >= 0.3 is 0 Å². The molecule has 0 unspecified atom stereocenters. The van der Waals surface area contributed by atoms with Gasteiger partial charge in [-0.15, -0.1) is 0 Å². The number of nitrogens with one attached hydrogen (secondary N) is 1. The lowest BCUT2D eigenvalue weighted by Gasteiger charge is -2.11. The highest BCUT2D eigenvalue weighted by molar-refractivity contribution is 5.33. The third kappa shape index (κ3) is 3.55. The van der Waals surface area contributed by atoms with Crippen LogP contribution in [0.5, 0.6) is 5.88 Å². The molecule has 0 saturated carbocycles. The highest BCUT2D eigenvalue weighted by Crippen LogP contribution is 2.13. The predicted octanol–water partition coefficient (Wildman–Crippen LogP) is 3.00. The number of ether oxygens (including phenoxy) is 1. The summed E-state index contributed by atoms with van der Waals surface area (Å²) in [6, 6.07) is 10.4. The summed E-state index contributed by atoms with van der Waals surface area (Å²) in [5.41, 5.74) is 5.22. The minimum absolute atomic E-state index is 0.659. The lowest BCUT2D eigenvalue weighted by atomic mass is 10.0. The van der Waals surface area contributed by atoms with Crippen LogP contribution in [0.15, 0.2) is 36.5 Å². The van der Waals surface area contributed by atoms with E-state index in [0.717, 1.165) is 13.1 Å². The number of aromatic nitrogens is 1. The van der Waals surface area contributed by atoms with E-state index < -0.39 is 0 Å². The number of hydrogen-bond donors (Lipinski definition) is 1. The molecule has 0 fully saturated rings. The van der Waals surface area contributed by atoms with Gasteiger partial charge in [-0.1, -0.05) is 18.2 Å². The summed E-state index contributed by atoms with van der Waals surface area (Å²) in [5, 5.41) is 3.47. The van der Waals surface area contributed by atoms with Gasteiger partial charge in [-0.05, 0) is 42.2 Å². The monoisotopic (exact) mass is 256 g/mol. The van der Waals surface area contributed by atoms with Crippen LogP contribution in [0.25, 0.3) is 0 Å². The largest absolute Gasteiger partial charge is 0.481 e. The molecule has 0 atom stereocenters. The number of benzene rings is 1. The highest BCUT2D eigenvalue weighted by atomic mass is 16.5. The lowest BCUT2D eigenvalue weighted by Crippen LogP contribution is -2.14. The third-order valence-electron chi connectivity index (χ3n) is 3.28. The zero-order valence-corrected chi connectivity index (χ0v) is 11.7. The Balaban J connectivity index is 1.96. The SMILES string of the molecule is COc1cc(CNCc2c(C)cccc2C)ccn1. The second-order valence-corrected chi connectivity index (χ2v) is 4.68. The van der Waals surface area contributed by atoms with Gasteiger partial charge in [0.25, 0.3) is 0 Å². The Labute approximate surface area is 114 Å². The minimum atomic E-state index is 0.659. The Bertz CT molecular complexity index is 532. The molecule has 2 aromatic rings. The van der Waals surface area contributed by atoms with Crippen LogP contribution in [-0.2, 0) is 13.1 Å². The molecule has 2 rings (SSSR count). The van der Waals surface area contributed by atoms with Crippen molar-refractivity contribution in [3.63, 3.8) is 0 Å². The first-order chi connectivity index (χ1) is 9.20. The second kappa shape index (κ2) is 6.34. The maximum absolute atomic E-state index is 5.12. The smallest absolute Gasteiger partial charge is 0.213 e. The molecule has 0 saturated heterocycles. The summed E-state index contributed by atoms with van der Waals surface area (Å²) in [5.74, 6) is 0.659. The van der Waals surface area contributed by atoms with Gasteiger partial charge in [0.1, 0.15) is 0 Å². The molecule has 0 aliphatic heterocycles. The van der Waals surface area contributed by atoms with Crippen molar-refractivity contribution in [2.24, 2.45) is 0 Å². The first-order valence-corrected chi connectivity index (χ1v) is 6.45. The van der Waals surface area contributed by atoms with Crippen LogP contribution in [0.3, 0.4) is 0 Å². The van der Waals surface area contributed by atoms with Gasteiger partial charge in [-0.3, -0.25) is 0 Å². The van der Waals surface area contributed by atoms with Crippen LogP contribution >= 0.6 is 0 Å². The zero-order chi connectivity index (χ0) is 13.7. The van der Waals surface area contributed by atoms with Crippen molar-refractivity contribution < 1.29 is 4.74 Å². The van der Waals surface area contributed by atoms with E-state index in [9.17, 15) is 0 Å². The Morgan fingerprint density at radius 3 is 2.53 bits per heavy atom. The van der Waals surface area contributed by atoms with Crippen molar-refractivity contribution in [1.29, 1.82) is 0 Å². The van der Waals surface area contributed by atoms with Crippen molar-refractivity contribution in [2.45, 2.75) is 26.9 Å². The Morgan fingerprint density at radius 2 is 1.84 bits per heavy atom. The number of pyridine rings is 1. The topological polar surface area (TPSA) is 34.1 Å². The number of hydrogen-bond acceptors (Lipinski definition) is 3. The van der Waals surface area contributed by atoms with E-state index in [4.69, 9.17) is 4.74 Å². The molecule has 3 heteroatoms. The quantitative estimate of drug-likeness (QED) is 0.893. The van der Waals surface area contributed by atoms with Crippen LogP contribution in [0.1, 0.15) is 22.3 Å². The van der Waals surface area contributed by atoms with Crippen LogP contribution in [0.4, 0.5) is 0 Å². The standard InChI is InChI=1S/C16H20N2O/c1-12-5-4-6-13(2)15(12)11-17-10-14-7-8-18-16(9-14)19-3/h4-9,17H,10-11H2,1-3H3. The molecule has 0 bridgehead atoms. The van der Waals surface area contributed by atoms with E-state index in [0.29, 0.717) is 5.88 Å². The van der Waals surface area contributed by atoms with Crippen LogP contribution in [-0.4, -0.2) is 12.1 Å². The van der Waals surface area contributed by atoms with Crippen molar-refractivity contribution in [1.82, 2.24) is 10.3 Å². The van der Waals surface area contributed by atoms with Gasteiger partial charge in [0.05, 0.1) is 7.11 Å². The summed E-state index contributed by atoms with van der Waals surface area (Å²) in [6.45, 7) is 5.99. The van der Waals surface area contributed by atoms with Crippen molar-refractivity contribution in [2.75, 3.05) is 7.11 Å². The highest BCUT2D eigenvalue weighted by Gasteiger charge is 2.02. The van der Waals surface area contributed by atoms with Crippen LogP contribution in [0.2, 0.25) is 0 Å². The molecule has 1 aromatic heterocycles. The van der Waals surface area contributed by atoms with Crippen molar-refractivity contribution >= 4 is 0 Å². The number of aryl methyl sites for hydroxylation is 2. The van der Waals surface area contributed by atoms with Gasteiger partial charge in [0.2, 0.25) is 5.88 Å². The summed E-state index contributed by atoms with van der Waals surface area (Å²) < 4.78 is 5.12. The van der Waals surface area contributed by atoms with E-state index >= 15 is 0 Å². The number of rotatable bonds is 5. The molecule has 100 valence electrons. The van der Waals surface area contributed by atoms with E-state index in [1.54, 1.807) is 13.3 Å². The molecular formula is C16H20N2O. The Morgan fingerprint density at radius 1 is 1.11 bits per heavy atom. The average molecular weight is 256 g/mol. The molecule has 1 N–H and O–H groups in total. The number of methoxy groups -OCH3 is 1. The fourth-order valence-electron chi connectivity index (χ4n) is 2.13. The molecule has 0 amide bonds. The summed E-state index contributed by atoms with van der Waals surface area (Å²) in [6.07, 6.45) is 1.77. The lowest BCUT2D eigenvalue weighted by molar-refractivity contribution is 0.397. The molecule has 19 heavy (non-hydrogen) atoms. The Kier molecular flexibility index (Phi) is 4.53.